The molecule has 5 nitrogen and oxygen atoms in total. The lowest BCUT2D eigenvalue weighted by Gasteiger charge is -2.08. The molecule has 134 valence electrons. The summed E-state index contributed by atoms with van der Waals surface area (Å²) in [6.45, 7) is 4.08. The molecule has 0 aliphatic heterocycles. The lowest BCUT2D eigenvalue weighted by atomic mass is 10.1. The minimum Gasteiger partial charge on any atom is -0.265 e. The van der Waals surface area contributed by atoms with Gasteiger partial charge in [0.25, 0.3) is 0 Å². The summed E-state index contributed by atoms with van der Waals surface area (Å²) in [6.07, 6.45) is 18.0. The topological polar surface area (TPSA) is 64.5 Å². The number of rotatable bonds is 6. The van der Waals surface area contributed by atoms with E-state index < -0.39 is 0 Å². The van der Waals surface area contributed by atoms with Gasteiger partial charge in [-0.25, -0.2) is 15.0 Å². The molecule has 0 fully saturated rings. The van der Waals surface area contributed by atoms with E-state index in [0.717, 1.165) is 23.1 Å². The second-order valence-corrected chi connectivity index (χ2v) is 5.74. The van der Waals surface area contributed by atoms with Gasteiger partial charge in [-0.1, -0.05) is 37.3 Å². The van der Waals surface area contributed by atoms with E-state index in [-0.39, 0.29) is 0 Å². The van der Waals surface area contributed by atoms with Gasteiger partial charge in [-0.2, -0.15) is 0 Å². The molecule has 3 aromatic heterocycles. The second-order valence-electron chi connectivity index (χ2n) is 5.74. The maximum atomic E-state index is 4.71. The molecule has 0 saturated carbocycles. The van der Waals surface area contributed by atoms with E-state index in [0.29, 0.717) is 17.5 Å². The molecule has 3 aromatic rings. The zero-order valence-electron chi connectivity index (χ0n) is 15.4. The second kappa shape index (κ2) is 9.29. The van der Waals surface area contributed by atoms with Crippen molar-refractivity contribution in [3.63, 3.8) is 0 Å². The third kappa shape index (κ3) is 4.79. The molecule has 0 aliphatic carbocycles. The fraction of sp³-hybridized carbons (Fsp3) is 0.136. The number of pyridine rings is 2. The summed E-state index contributed by atoms with van der Waals surface area (Å²) >= 11 is 0. The molecule has 0 radical (unpaired) electrons. The summed E-state index contributed by atoms with van der Waals surface area (Å²) in [5, 5.41) is 0. The van der Waals surface area contributed by atoms with Crippen molar-refractivity contribution in [3.8, 4) is 22.8 Å². The highest BCUT2D eigenvalue weighted by Crippen LogP contribution is 2.22. The Labute approximate surface area is 159 Å². The molecule has 3 heterocycles. The van der Waals surface area contributed by atoms with Crippen molar-refractivity contribution in [2.75, 3.05) is 0 Å². The van der Waals surface area contributed by atoms with Crippen LogP contribution in [0.5, 0.6) is 0 Å². The van der Waals surface area contributed by atoms with E-state index in [1.54, 1.807) is 24.8 Å². The normalized spacial score (nSPS) is 12.1. The van der Waals surface area contributed by atoms with Crippen molar-refractivity contribution >= 4 is 5.57 Å². The van der Waals surface area contributed by atoms with Crippen LogP contribution < -0.4 is 0 Å². The first-order chi connectivity index (χ1) is 13.3. The maximum Gasteiger partial charge on any atom is 0.164 e. The highest BCUT2D eigenvalue weighted by atomic mass is 15.0. The quantitative estimate of drug-likeness (QED) is 0.587. The molecule has 0 saturated heterocycles. The average molecular weight is 355 g/mol. The molecule has 5 heteroatoms. The van der Waals surface area contributed by atoms with Crippen LogP contribution in [0.15, 0.2) is 79.4 Å². The summed E-state index contributed by atoms with van der Waals surface area (Å²) in [5.41, 5.74) is 2.72. The third-order valence-corrected chi connectivity index (χ3v) is 3.76. The summed E-state index contributed by atoms with van der Waals surface area (Å²) in [7, 11) is 0. The van der Waals surface area contributed by atoms with Crippen LogP contribution in [-0.4, -0.2) is 24.9 Å². The van der Waals surface area contributed by atoms with Gasteiger partial charge in [-0.05, 0) is 37.6 Å². The largest absolute Gasteiger partial charge is 0.265 e. The van der Waals surface area contributed by atoms with E-state index in [1.807, 2.05) is 55.5 Å². The van der Waals surface area contributed by atoms with Crippen LogP contribution in [-0.2, 0) is 0 Å². The van der Waals surface area contributed by atoms with Crippen LogP contribution in [0.1, 0.15) is 26.1 Å². The molecular formula is C22H21N5. The fourth-order valence-corrected chi connectivity index (χ4v) is 2.46. The molecule has 0 spiro atoms. The molecule has 0 aliphatic rings. The van der Waals surface area contributed by atoms with Crippen molar-refractivity contribution in [1.82, 2.24) is 24.9 Å². The van der Waals surface area contributed by atoms with Crippen LogP contribution in [0, 0.1) is 0 Å². The molecule has 0 atom stereocenters. The van der Waals surface area contributed by atoms with E-state index in [2.05, 4.69) is 28.0 Å². The summed E-state index contributed by atoms with van der Waals surface area (Å²) in [4.78, 5) is 22.2. The SMILES string of the molecule is C\C=C/C(=C\C=C\CC)c1nc(-c2ccncc2)nc(-c2ccncc2)n1. The van der Waals surface area contributed by atoms with Gasteiger partial charge in [0.05, 0.1) is 0 Å². The van der Waals surface area contributed by atoms with Gasteiger partial charge in [0.15, 0.2) is 17.5 Å². The zero-order valence-corrected chi connectivity index (χ0v) is 15.4. The summed E-state index contributed by atoms with van der Waals surface area (Å²) in [5.74, 6) is 1.86. The van der Waals surface area contributed by atoms with Crippen molar-refractivity contribution in [2.24, 2.45) is 0 Å². The number of nitrogens with zero attached hydrogens (tertiary/aromatic N) is 5. The summed E-state index contributed by atoms with van der Waals surface area (Å²) in [6, 6.07) is 7.58. The average Bonchev–Trinajstić information content (AvgIpc) is 2.74. The molecular weight excluding hydrogens is 334 g/mol. The molecule has 0 aromatic carbocycles. The Balaban J connectivity index is 2.17. The molecule has 27 heavy (non-hydrogen) atoms. The number of aromatic nitrogens is 5. The minimum absolute atomic E-state index is 0.615. The Morgan fingerprint density at radius 1 is 0.852 bits per heavy atom. The van der Waals surface area contributed by atoms with Crippen LogP contribution >= 0.6 is 0 Å². The lowest BCUT2D eigenvalue weighted by molar-refractivity contribution is 1.03. The first-order valence-electron chi connectivity index (χ1n) is 8.88. The number of hydrogen-bond acceptors (Lipinski definition) is 5. The van der Waals surface area contributed by atoms with Crippen molar-refractivity contribution in [2.45, 2.75) is 20.3 Å². The van der Waals surface area contributed by atoms with Gasteiger partial charge in [-0.15, -0.1) is 0 Å². The minimum atomic E-state index is 0.615. The lowest BCUT2D eigenvalue weighted by Crippen LogP contribution is -2.02. The number of hydrogen-bond donors (Lipinski definition) is 0. The van der Waals surface area contributed by atoms with E-state index >= 15 is 0 Å². The fourth-order valence-electron chi connectivity index (χ4n) is 2.46. The van der Waals surface area contributed by atoms with Gasteiger partial charge >= 0.3 is 0 Å². The smallest absolute Gasteiger partial charge is 0.164 e. The molecule has 3 rings (SSSR count). The van der Waals surface area contributed by atoms with Gasteiger partial charge in [0, 0.05) is 41.5 Å². The maximum absolute atomic E-state index is 4.71. The van der Waals surface area contributed by atoms with Crippen molar-refractivity contribution < 1.29 is 0 Å². The Kier molecular flexibility index (Phi) is 6.30. The van der Waals surface area contributed by atoms with Crippen LogP contribution in [0.2, 0.25) is 0 Å². The molecule has 0 amide bonds. The standard InChI is InChI=1S/C22H21N5/c1-3-5-6-8-17(7-4-2)20-25-21(18-9-13-23-14-10-18)27-22(26-20)19-11-15-24-16-12-19/h4-16H,3H2,1-2H3/b6-5+,7-4-,17-8+. The van der Waals surface area contributed by atoms with Gasteiger partial charge in [0.1, 0.15) is 0 Å². The molecule has 0 N–H and O–H groups in total. The third-order valence-electron chi connectivity index (χ3n) is 3.76. The number of allylic oxidation sites excluding steroid dienone is 6. The highest BCUT2D eigenvalue weighted by molar-refractivity contribution is 5.73. The Morgan fingerprint density at radius 3 is 1.89 bits per heavy atom. The van der Waals surface area contributed by atoms with Crippen molar-refractivity contribution in [1.29, 1.82) is 0 Å². The van der Waals surface area contributed by atoms with Crippen molar-refractivity contribution in [3.05, 3.63) is 85.3 Å². The predicted octanol–water partition coefficient (Wildman–Crippen LogP) is 4.92. The van der Waals surface area contributed by atoms with Crippen LogP contribution in [0.25, 0.3) is 28.3 Å². The Morgan fingerprint density at radius 2 is 1.41 bits per heavy atom. The summed E-state index contributed by atoms with van der Waals surface area (Å²) < 4.78 is 0. The first-order valence-corrected chi connectivity index (χ1v) is 8.88. The van der Waals surface area contributed by atoms with Crippen LogP contribution in [0.3, 0.4) is 0 Å². The van der Waals surface area contributed by atoms with Crippen LogP contribution in [0.4, 0.5) is 0 Å². The first kappa shape index (κ1) is 18.3. The zero-order chi connectivity index (χ0) is 18.9. The Bertz CT molecular complexity index is 903. The van der Waals surface area contributed by atoms with Gasteiger partial charge in [0.2, 0.25) is 0 Å². The Hall–Kier alpha value is -3.47. The van der Waals surface area contributed by atoms with Gasteiger partial charge < -0.3 is 0 Å². The van der Waals surface area contributed by atoms with Gasteiger partial charge in [-0.3, -0.25) is 9.97 Å². The monoisotopic (exact) mass is 355 g/mol. The molecule has 0 bridgehead atoms. The van der Waals surface area contributed by atoms with E-state index in [9.17, 15) is 0 Å². The molecule has 0 unspecified atom stereocenters. The van der Waals surface area contributed by atoms with E-state index in [1.165, 1.54) is 0 Å². The predicted molar refractivity (Wildman–Crippen MR) is 109 cm³/mol. The highest BCUT2D eigenvalue weighted by Gasteiger charge is 2.12. The van der Waals surface area contributed by atoms with E-state index in [4.69, 9.17) is 9.97 Å².